The minimum Gasteiger partial charge on any atom is -0.508 e. The Balaban J connectivity index is 0.00000102. The molecule has 0 spiro atoms. The van der Waals surface area contributed by atoms with Gasteiger partial charge in [0.1, 0.15) is 17.8 Å². The summed E-state index contributed by atoms with van der Waals surface area (Å²) in [6, 6.07) is 4.10. The Morgan fingerprint density at radius 2 is 1.00 bits per heavy atom. The highest BCUT2D eigenvalue weighted by atomic mass is 16.4. The fraction of sp³-hybridized carbons (Fsp3) is 0.548. The number of nitrogens with zero attached hydrogens (tertiary/aromatic N) is 3. The molecule has 13 N–H and O–H groups in total. The third-order valence-corrected chi connectivity index (χ3v) is 7.03. The molecule has 0 aliphatic heterocycles. The summed E-state index contributed by atoms with van der Waals surface area (Å²) in [7, 11) is 0. The normalized spacial score (nSPS) is 11.9. The lowest BCUT2D eigenvalue weighted by atomic mass is 10.0. The van der Waals surface area contributed by atoms with Crippen molar-refractivity contribution in [2.75, 3.05) is 72.0 Å². The number of nitrogens with one attached hydrogen (secondary N) is 2. The Hall–Kier alpha value is -5.42. The molecule has 2 amide bonds. The van der Waals surface area contributed by atoms with E-state index in [0.29, 0.717) is 24.9 Å². The average Bonchev–Trinajstić information content (AvgIpc) is 3.04. The molecule has 2 atom stereocenters. The van der Waals surface area contributed by atoms with Crippen LogP contribution in [0.5, 0.6) is 5.75 Å². The van der Waals surface area contributed by atoms with Gasteiger partial charge in [0.05, 0.1) is 39.3 Å². The number of carbonyl (C=O) groups is 8. The summed E-state index contributed by atoms with van der Waals surface area (Å²) in [4.78, 5) is 93.1. The van der Waals surface area contributed by atoms with E-state index < -0.39 is 92.4 Å². The van der Waals surface area contributed by atoms with E-state index in [9.17, 15) is 48.6 Å². The van der Waals surface area contributed by atoms with Crippen LogP contribution < -0.4 is 22.1 Å². The number of hydrogen-bond donors (Lipinski definition) is 11. The Labute approximate surface area is 303 Å². The van der Waals surface area contributed by atoms with Crippen LogP contribution in [0.2, 0.25) is 0 Å². The molecule has 0 radical (unpaired) electrons. The van der Waals surface area contributed by atoms with Crippen LogP contribution >= 0.6 is 0 Å². The molecule has 0 heterocycles. The first-order chi connectivity index (χ1) is 24.9. The summed E-state index contributed by atoms with van der Waals surface area (Å²) in [5.74, 6) is -8.37. The SMILES string of the molecule is NCCCC[C@H](NC(=O)[C@H](Cc1ccc(O)cc1)NC(=O)CN)C(=O)O.O=C(O)CN(CCN(CC(=O)O)CC(=O)O)CCN(CC(=O)O)CC(=O)O. The van der Waals surface area contributed by atoms with Crippen LogP contribution in [0, 0.1) is 0 Å². The number of carboxylic acids is 6. The fourth-order valence-corrected chi connectivity index (χ4v) is 4.57. The molecule has 0 unspecified atom stereocenters. The van der Waals surface area contributed by atoms with Crippen molar-refractivity contribution >= 4 is 47.6 Å². The first kappa shape index (κ1) is 47.6. The maximum Gasteiger partial charge on any atom is 0.326 e. The van der Waals surface area contributed by atoms with E-state index in [1.54, 1.807) is 12.1 Å². The number of unbranched alkanes of at least 4 members (excludes halogenated alkanes) is 1. The Bertz CT molecular complexity index is 1290. The molecule has 0 aliphatic rings. The summed E-state index contributed by atoms with van der Waals surface area (Å²) < 4.78 is 0. The lowest BCUT2D eigenvalue weighted by molar-refractivity contribution is -0.143. The van der Waals surface area contributed by atoms with Gasteiger partial charge < -0.3 is 57.8 Å². The van der Waals surface area contributed by atoms with Crippen LogP contribution in [0.15, 0.2) is 24.3 Å². The first-order valence-electron chi connectivity index (χ1n) is 16.1. The van der Waals surface area contributed by atoms with E-state index in [-0.39, 0.29) is 51.3 Å². The zero-order valence-electron chi connectivity index (χ0n) is 29.0. The minimum atomic E-state index is -1.24. The van der Waals surface area contributed by atoms with Crippen molar-refractivity contribution in [2.24, 2.45) is 11.5 Å². The predicted octanol–water partition coefficient (Wildman–Crippen LogP) is -3.61. The molecular formula is C31H49N7O15. The van der Waals surface area contributed by atoms with E-state index in [2.05, 4.69) is 10.6 Å². The van der Waals surface area contributed by atoms with Crippen LogP contribution in [0.4, 0.5) is 0 Å². The zero-order valence-corrected chi connectivity index (χ0v) is 29.0. The number of carboxylic acid groups (broad SMARTS) is 6. The van der Waals surface area contributed by atoms with E-state index in [1.807, 2.05) is 0 Å². The fourth-order valence-electron chi connectivity index (χ4n) is 4.57. The largest absolute Gasteiger partial charge is 0.508 e. The number of carbonyl (C=O) groups excluding carboxylic acids is 2. The summed E-state index contributed by atoms with van der Waals surface area (Å²) >= 11 is 0. The van der Waals surface area contributed by atoms with Crippen molar-refractivity contribution in [1.29, 1.82) is 0 Å². The van der Waals surface area contributed by atoms with Crippen molar-refractivity contribution in [1.82, 2.24) is 25.3 Å². The molecule has 1 aromatic rings. The number of benzene rings is 1. The van der Waals surface area contributed by atoms with Crippen LogP contribution in [0.1, 0.15) is 24.8 Å². The molecule has 0 bridgehead atoms. The molecule has 0 saturated heterocycles. The van der Waals surface area contributed by atoms with Gasteiger partial charge >= 0.3 is 35.8 Å². The highest BCUT2D eigenvalue weighted by Crippen LogP contribution is 2.12. The van der Waals surface area contributed by atoms with Crippen molar-refractivity contribution in [3.05, 3.63) is 29.8 Å². The molecule has 1 rings (SSSR count). The number of aromatic hydroxyl groups is 1. The van der Waals surface area contributed by atoms with Crippen molar-refractivity contribution < 1.29 is 74.1 Å². The van der Waals surface area contributed by atoms with Crippen LogP contribution in [0.3, 0.4) is 0 Å². The van der Waals surface area contributed by atoms with Gasteiger partial charge in [0.25, 0.3) is 0 Å². The van der Waals surface area contributed by atoms with E-state index in [0.717, 1.165) is 9.80 Å². The molecule has 0 saturated carbocycles. The smallest absolute Gasteiger partial charge is 0.326 e. The average molecular weight is 760 g/mol. The third-order valence-electron chi connectivity index (χ3n) is 7.03. The molecule has 22 nitrogen and oxygen atoms in total. The summed E-state index contributed by atoms with van der Waals surface area (Å²) in [5.41, 5.74) is 11.4. The first-order valence-corrected chi connectivity index (χ1v) is 16.1. The van der Waals surface area contributed by atoms with Crippen LogP contribution in [0.25, 0.3) is 0 Å². The highest BCUT2D eigenvalue weighted by molar-refractivity contribution is 5.91. The Morgan fingerprint density at radius 3 is 1.38 bits per heavy atom. The van der Waals surface area contributed by atoms with Crippen molar-refractivity contribution in [3.63, 3.8) is 0 Å². The molecular weight excluding hydrogens is 710 g/mol. The van der Waals surface area contributed by atoms with Gasteiger partial charge in [0.15, 0.2) is 0 Å². The number of hydrogen-bond acceptors (Lipinski definition) is 14. The molecule has 0 aliphatic carbocycles. The van der Waals surface area contributed by atoms with Crippen LogP contribution in [-0.4, -0.2) is 182 Å². The number of nitrogens with two attached hydrogens (primary N) is 2. The molecule has 1 aromatic carbocycles. The van der Waals surface area contributed by atoms with Gasteiger partial charge in [-0.1, -0.05) is 12.1 Å². The Morgan fingerprint density at radius 1 is 0.585 bits per heavy atom. The summed E-state index contributed by atoms with van der Waals surface area (Å²) in [6.07, 6.45) is 1.59. The number of phenolic OH excluding ortho intramolecular Hbond substituents is 1. The van der Waals surface area contributed by atoms with E-state index in [4.69, 9.17) is 37.0 Å². The second-order valence-electron chi connectivity index (χ2n) is 11.5. The standard InChI is InChI=1S/C17H26N4O5.C14H23N3O10/c18-8-2-1-3-13(17(25)26)21-16(24)14(20-15(23)10-19)9-11-4-6-12(22)7-5-11;18-10(19)5-15(1-3-16(6-11(20)21)7-12(22)23)2-4-17(8-13(24)25)9-14(26)27/h4-7,13-14,22H,1-3,8-10,18-19H2,(H,20,23)(H,21,24)(H,25,26);1-9H2,(H,18,19)(H,20,21)(H,22,23)(H,24,25)(H,26,27)/t13-,14-;/m0./s1. The molecule has 0 aromatic heterocycles. The predicted molar refractivity (Wildman–Crippen MR) is 183 cm³/mol. The topological polar surface area (TPSA) is 364 Å². The number of aliphatic carboxylic acids is 6. The number of phenols is 1. The van der Waals surface area contributed by atoms with Gasteiger partial charge in [-0.2, -0.15) is 0 Å². The van der Waals surface area contributed by atoms with Gasteiger partial charge in [-0.3, -0.25) is 48.3 Å². The maximum atomic E-state index is 12.5. The number of amides is 2. The van der Waals surface area contributed by atoms with Gasteiger partial charge in [-0.25, -0.2) is 4.79 Å². The minimum absolute atomic E-state index is 0.000836. The molecule has 53 heavy (non-hydrogen) atoms. The van der Waals surface area contributed by atoms with Gasteiger partial charge in [0, 0.05) is 32.6 Å². The van der Waals surface area contributed by atoms with E-state index in [1.165, 1.54) is 17.0 Å². The van der Waals surface area contributed by atoms with Gasteiger partial charge in [-0.15, -0.1) is 0 Å². The Kier molecular flexibility index (Phi) is 23.7. The lowest BCUT2D eigenvalue weighted by Crippen LogP contribution is -2.53. The van der Waals surface area contributed by atoms with Crippen molar-refractivity contribution in [3.8, 4) is 5.75 Å². The summed E-state index contributed by atoms with van der Waals surface area (Å²) in [6.45, 7) is -2.59. The summed E-state index contributed by atoms with van der Waals surface area (Å²) in [5, 5.41) is 67.7. The third kappa shape index (κ3) is 24.4. The van der Waals surface area contributed by atoms with Crippen LogP contribution in [-0.2, 0) is 44.8 Å². The second kappa shape index (κ2) is 26.4. The monoisotopic (exact) mass is 759 g/mol. The molecule has 0 fully saturated rings. The quantitative estimate of drug-likeness (QED) is 0.0386. The molecule has 22 heteroatoms. The van der Waals surface area contributed by atoms with E-state index >= 15 is 0 Å². The lowest BCUT2D eigenvalue weighted by Gasteiger charge is -2.27. The second-order valence-corrected chi connectivity index (χ2v) is 11.5. The van der Waals surface area contributed by atoms with Crippen molar-refractivity contribution in [2.45, 2.75) is 37.8 Å². The maximum absolute atomic E-state index is 12.5. The number of rotatable bonds is 27. The zero-order chi connectivity index (χ0) is 40.5. The van der Waals surface area contributed by atoms with Gasteiger partial charge in [-0.05, 0) is 43.5 Å². The molecule has 298 valence electrons. The highest BCUT2D eigenvalue weighted by Gasteiger charge is 2.26. The van der Waals surface area contributed by atoms with Gasteiger partial charge in [0.2, 0.25) is 11.8 Å².